The summed E-state index contributed by atoms with van der Waals surface area (Å²) in [6.45, 7) is 2.94. The molecule has 1 aliphatic rings. The number of rotatable bonds is 4. The maximum Gasteiger partial charge on any atom is 0.237 e. The minimum absolute atomic E-state index is 0. The van der Waals surface area contributed by atoms with Crippen LogP contribution in [-0.4, -0.2) is 25.6 Å². The van der Waals surface area contributed by atoms with E-state index in [1.54, 1.807) is 7.11 Å². The molecule has 112 valence electrons. The van der Waals surface area contributed by atoms with E-state index in [2.05, 4.69) is 10.6 Å². The van der Waals surface area contributed by atoms with Gasteiger partial charge in [0.05, 0.1) is 19.2 Å². The Morgan fingerprint density at radius 3 is 2.60 bits per heavy atom. The summed E-state index contributed by atoms with van der Waals surface area (Å²) in [5.74, 6) is 0.930. The van der Waals surface area contributed by atoms with E-state index in [1.807, 2.05) is 31.2 Å². The van der Waals surface area contributed by atoms with Crippen LogP contribution in [0, 0.1) is 0 Å². The maximum atomic E-state index is 12.1. The predicted octanol–water partition coefficient (Wildman–Crippen LogP) is 2.44. The second kappa shape index (κ2) is 8.12. The Hall–Kier alpha value is -1.26. The second-order valence-electron chi connectivity index (χ2n) is 5.01. The lowest BCUT2D eigenvalue weighted by atomic mass is 10.0. The molecule has 1 fully saturated rings. The van der Waals surface area contributed by atoms with E-state index in [0.717, 1.165) is 37.1 Å². The molecule has 1 unspecified atom stereocenters. The van der Waals surface area contributed by atoms with E-state index < -0.39 is 0 Å². The average Bonchev–Trinajstić information content (AvgIpc) is 2.48. The Bertz CT molecular complexity index is 416. The van der Waals surface area contributed by atoms with Crippen LogP contribution in [0.15, 0.2) is 24.3 Å². The number of amides is 1. The smallest absolute Gasteiger partial charge is 0.237 e. The molecule has 5 heteroatoms. The Balaban J connectivity index is 0.00000200. The molecule has 0 spiro atoms. The van der Waals surface area contributed by atoms with Crippen LogP contribution in [0.2, 0.25) is 0 Å². The van der Waals surface area contributed by atoms with Gasteiger partial charge in [-0.05, 0) is 44.0 Å². The fraction of sp³-hybridized carbons (Fsp3) is 0.533. The molecule has 4 nitrogen and oxygen atoms in total. The molecular formula is C15H23ClN2O2. The number of carbonyl (C=O) groups excluding carboxylic acids is 1. The molecule has 1 aromatic carbocycles. The van der Waals surface area contributed by atoms with Crippen LogP contribution >= 0.6 is 12.4 Å². The van der Waals surface area contributed by atoms with Gasteiger partial charge in [0.2, 0.25) is 5.91 Å². The highest BCUT2D eigenvalue weighted by molar-refractivity contribution is 5.85. The van der Waals surface area contributed by atoms with Crippen LogP contribution in [0.4, 0.5) is 0 Å². The zero-order chi connectivity index (χ0) is 13.7. The molecule has 2 rings (SSSR count). The van der Waals surface area contributed by atoms with Crippen LogP contribution in [0.3, 0.4) is 0 Å². The van der Waals surface area contributed by atoms with Crippen LogP contribution in [0.1, 0.15) is 37.8 Å². The Kier molecular flexibility index (Phi) is 6.82. The number of piperidine rings is 1. The van der Waals surface area contributed by atoms with E-state index in [9.17, 15) is 4.79 Å². The van der Waals surface area contributed by atoms with Crippen molar-refractivity contribution in [3.63, 3.8) is 0 Å². The van der Waals surface area contributed by atoms with Crippen molar-refractivity contribution in [2.45, 2.75) is 38.3 Å². The number of nitrogens with one attached hydrogen (secondary N) is 2. The van der Waals surface area contributed by atoms with Crippen molar-refractivity contribution in [1.29, 1.82) is 0 Å². The van der Waals surface area contributed by atoms with Gasteiger partial charge in [-0.3, -0.25) is 4.79 Å². The average molecular weight is 299 g/mol. The third-order valence-electron chi connectivity index (χ3n) is 3.60. The van der Waals surface area contributed by atoms with Crippen molar-refractivity contribution in [2.75, 3.05) is 13.7 Å². The highest BCUT2D eigenvalue weighted by Crippen LogP contribution is 2.17. The van der Waals surface area contributed by atoms with Gasteiger partial charge >= 0.3 is 0 Å². The molecular weight excluding hydrogens is 276 g/mol. The SMILES string of the molecule is COc1ccc(C(C)NC(=O)[C@@H]2CCCCN2)cc1.Cl. The van der Waals surface area contributed by atoms with Gasteiger partial charge in [-0.25, -0.2) is 0 Å². The summed E-state index contributed by atoms with van der Waals surface area (Å²) < 4.78 is 5.13. The summed E-state index contributed by atoms with van der Waals surface area (Å²) in [5.41, 5.74) is 1.09. The molecule has 20 heavy (non-hydrogen) atoms. The van der Waals surface area contributed by atoms with Gasteiger partial charge in [-0.15, -0.1) is 12.4 Å². The Labute approximate surface area is 126 Å². The lowest BCUT2D eigenvalue weighted by Crippen LogP contribution is -2.47. The quantitative estimate of drug-likeness (QED) is 0.897. The molecule has 1 aliphatic heterocycles. The topological polar surface area (TPSA) is 50.4 Å². The van der Waals surface area contributed by atoms with Crippen molar-refractivity contribution < 1.29 is 9.53 Å². The largest absolute Gasteiger partial charge is 0.497 e. The second-order valence-corrected chi connectivity index (χ2v) is 5.01. The van der Waals surface area contributed by atoms with Gasteiger partial charge in [0.25, 0.3) is 0 Å². The maximum absolute atomic E-state index is 12.1. The van der Waals surface area contributed by atoms with Gasteiger partial charge in [0, 0.05) is 0 Å². The van der Waals surface area contributed by atoms with Crippen LogP contribution in [-0.2, 0) is 4.79 Å². The first-order valence-corrected chi connectivity index (χ1v) is 6.88. The first-order chi connectivity index (χ1) is 9.20. The predicted molar refractivity (Wildman–Crippen MR) is 82.4 cm³/mol. The van der Waals surface area contributed by atoms with Crippen molar-refractivity contribution in [1.82, 2.24) is 10.6 Å². The summed E-state index contributed by atoms with van der Waals surface area (Å²) in [6, 6.07) is 7.78. The fourth-order valence-corrected chi connectivity index (χ4v) is 2.37. The van der Waals surface area contributed by atoms with E-state index >= 15 is 0 Å². The number of methoxy groups -OCH3 is 1. The number of carbonyl (C=O) groups is 1. The molecule has 1 amide bonds. The molecule has 1 saturated heterocycles. The molecule has 0 radical (unpaired) electrons. The molecule has 0 bridgehead atoms. The highest BCUT2D eigenvalue weighted by atomic mass is 35.5. The monoisotopic (exact) mass is 298 g/mol. The van der Waals surface area contributed by atoms with Crippen molar-refractivity contribution in [3.05, 3.63) is 29.8 Å². The molecule has 1 heterocycles. The molecule has 0 aromatic heterocycles. The fourth-order valence-electron chi connectivity index (χ4n) is 2.37. The zero-order valence-electron chi connectivity index (χ0n) is 12.0. The van der Waals surface area contributed by atoms with Gasteiger partial charge in [-0.2, -0.15) is 0 Å². The van der Waals surface area contributed by atoms with Crippen molar-refractivity contribution in [2.24, 2.45) is 0 Å². The number of hydrogen-bond donors (Lipinski definition) is 2. The van der Waals surface area contributed by atoms with E-state index in [1.165, 1.54) is 0 Å². The summed E-state index contributed by atoms with van der Waals surface area (Å²) >= 11 is 0. The number of halogens is 1. The van der Waals surface area contributed by atoms with Gasteiger partial charge in [0.1, 0.15) is 5.75 Å². The summed E-state index contributed by atoms with van der Waals surface area (Å²) in [4.78, 5) is 12.1. The first-order valence-electron chi connectivity index (χ1n) is 6.88. The Morgan fingerprint density at radius 2 is 2.05 bits per heavy atom. The minimum Gasteiger partial charge on any atom is -0.497 e. The minimum atomic E-state index is -0.0329. The van der Waals surface area contributed by atoms with Gasteiger partial charge in [0.15, 0.2) is 0 Å². The lowest BCUT2D eigenvalue weighted by Gasteiger charge is -2.24. The standard InChI is InChI=1S/C15H22N2O2.ClH/c1-11(12-6-8-13(19-2)9-7-12)17-15(18)14-5-3-4-10-16-14;/h6-9,11,14,16H,3-5,10H2,1-2H3,(H,17,18);1H/t11?,14-;/m0./s1. The lowest BCUT2D eigenvalue weighted by molar-refractivity contribution is -0.124. The van der Waals surface area contributed by atoms with Crippen LogP contribution in [0.5, 0.6) is 5.75 Å². The molecule has 0 aliphatic carbocycles. The summed E-state index contributed by atoms with van der Waals surface area (Å²) in [5, 5.41) is 6.32. The first kappa shape index (κ1) is 16.8. The van der Waals surface area contributed by atoms with Gasteiger partial charge in [-0.1, -0.05) is 18.6 Å². The normalized spacial score (nSPS) is 19.6. The number of ether oxygens (including phenoxy) is 1. The van der Waals surface area contributed by atoms with Gasteiger partial charge < -0.3 is 15.4 Å². The third-order valence-corrected chi connectivity index (χ3v) is 3.60. The van der Waals surface area contributed by atoms with E-state index in [0.29, 0.717) is 0 Å². The number of hydrogen-bond acceptors (Lipinski definition) is 3. The van der Waals surface area contributed by atoms with E-state index in [4.69, 9.17) is 4.74 Å². The van der Waals surface area contributed by atoms with E-state index in [-0.39, 0.29) is 30.4 Å². The number of benzene rings is 1. The summed E-state index contributed by atoms with van der Waals surface area (Å²) in [6.07, 6.45) is 3.22. The van der Waals surface area contributed by atoms with Crippen LogP contribution < -0.4 is 15.4 Å². The van der Waals surface area contributed by atoms with Crippen molar-refractivity contribution >= 4 is 18.3 Å². The third kappa shape index (κ3) is 4.39. The summed E-state index contributed by atoms with van der Waals surface area (Å²) in [7, 11) is 1.65. The highest BCUT2D eigenvalue weighted by Gasteiger charge is 2.21. The molecule has 2 atom stereocenters. The Morgan fingerprint density at radius 1 is 1.35 bits per heavy atom. The van der Waals surface area contributed by atoms with Crippen LogP contribution in [0.25, 0.3) is 0 Å². The zero-order valence-corrected chi connectivity index (χ0v) is 12.8. The molecule has 1 aromatic rings. The van der Waals surface area contributed by atoms with Crippen molar-refractivity contribution in [3.8, 4) is 5.75 Å². The molecule has 2 N–H and O–H groups in total. The molecule has 0 saturated carbocycles.